The number of benzene rings is 1. The van der Waals surface area contributed by atoms with E-state index in [-0.39, 0.29) is 29.2 Å². The minimum Gasteiger partial charge on any atom is -0.396 e. The lowest BCUT2D eigenvalue weighted by molar-refractivity contribution is -0.0536. The smallest absolute Gasteiger partial charge is 0.123 e. The summed E-state index contributed by atoms with van der Waals surface area (Å²) in [5.74, 6) is 1.54. The van der Waals surface area contributed by atoms with Crippen LogP contribution in [0.2, 0.25) is 0 Å². The summed E-state index contributed by atoms with van der Waals surface area (Å²) >= 11 is 0. The average molecular weight is 452 g/mol. The maximum Gasteiger partial charge on any atom is 0.123 e. The summed E-state index contributed by atoms with van der Waals surface area (Å²) in [6.45, 7) is 10.8. The molecule has 3 N–H and O–H groups in total. The van der Waals surface area contributed by atoms with Gasteiger partial charge in [-0.05, 0) is 103 Å². The molecule has 178 valence electrons. The molecule has 0 radical (unpaired) electrons. The summed E-state index contributed by atoms with van der Waals surface area (Å²) in [7, 11) is 0. The third-order valence-electron chi connectivity index (χ3n) is 9.86. The van der Waals surface area contributed by atoms with Gasteiger partial charge in [-0.2, -0.15) is 5.10 Å². The normalized spacial score (nSPS) is 36.0. The summed E-state index contributed by atoms with van der Waals surface area (Å²) < 4.78 is 15.3. The van der Waals surface area contributed by atoms with Crippen LogP contribution in [0.25, 0.3) is 0 Å². The van der Waals surface area contributed by atoms with Gasteiger partial charge in [-0.15, -0.1) is 0 Å². The van der Waals surface area contributed by atoms with Crippen molar-refractivity contribution < 1.29 is 9.50 Å². The van der Waals surface area contributed by atoms with Crippen molar-refractivity contribution in [2.24, 2.45) is 40.2 Å². The third-order valence-corrected chi connectivity index (χ3v) is 9.86. The minimum atomic E-state index is -0.219. The Hall–Kier alpha value is -1.98. The highest BCUT2D eigenvalue weighted by Crippen LogP contribution is 2.62. The van der Waals surface area contributed by atoms with E-state index < -0.39 is 0 Å². The first-order valence-electron chi connectivity index (χ1n) is 12.6. The number of halogens is 1. The Bertz CT molecular complexity index is 1030. The van der Waals surface area contributed by atoms with Crippen LogP contribution in [0.3, 0.4) is 0 Å². The molecule has 0 bridgehead atoms. The number of allylic oxidation sites excluding steroid dienone is 1. The fourth-order valence-corrected chi connectivity index (χ4v) is 7.75. The molecule has 0 spiro atoms. The van der Waals surface area contributed by atoms with E-state index in [4.69, 9.17) is 10.8 Å². The van der Waals surface area contributed by atoms with Crippen molar-refractivity contribution in [3.8, 4) is 0 Å². The fourth-order valence-electron chi connectivity index (χ4n) is 7.75. The van der Waals surface area contributed by atoms with E-state index in [1.54, 1.807) is 0 Å². The molecular weight excluding hydrogens is 413 g/mol. The van der Waals surface area contributed by atoms with Crippen molar-refractivity contribution in [1.29, 1.82) is 0 Å². The summed E-state index contributed by atoms with van der Waals surface area (Å²) in [5.41, 5.74) is 11.5. The van der Waals surface area contributed by atoms with Gasteiger partial charge in [0.2, 0.25) is 0 Å². The molecule has 0 unspecified atom stereocenters. The average Bonchev–Trinajstić information content (AvgIpc) is 3.32. The number of nitrogens with two attached hydrogens (primary N) is 1. The lowest BCUT2D eigenvalue weighted by Crippen LogP contribution is -2.53. The third kappa shape index (κ3) is 3.68. The van der Waals surface area contributed by atoms with Crippen LogP contribution in [0.1, 0.15) is 56.4 Å². The van der Waals surface area contributed by atoms with Crippen LogP contribution < -0.4 is 5.73 Å². The van der Waals surface area contributed by atoms with Crippen LogP contribution in [0.15, 0.2) is 42.6 Å². The van der Waals surface area contributed by atoms with E-state index >= 15 is 0 Å². The Morgan fingerprint density at radius 1 is 1.21 bits per heavy atom. The SMILES string of the molecule is C=C1CC[C@H]2[C@H](CN)[C@@H]([C@@]3(C)Cc4cn(Cc5ccc(F)cc5)nc4C[C@@H]3CO)CC[C@]12C. The Kier molecular flexibility index (Phi) is 5.77. The second kappa shape index (κ2) is 8.35. The van der Waals surface area contributed by atoms with Gasteiger partial charge in [0.15, 0.2) is 0 Å². The zero-order valence-electron chi connectivity index (χ0n) is 20.1. The van der Waals surface area contributed by atoms with Gasteiger partial charge in [-0.1, -0.05) is 38.1 Å². The molecule has 3 aliphatic rings. The number of fused-ring (bicyclic) bond motifs is 2. The predicted octanol–water partition coefficient (Wildman–Crippen LogP) is 4.74. The maximum atomic E-state index is 13.3. The Labute approximate surface area is 197 Å². The van der Waals surface area contributed by atoms with Crippen LogP contribution in [0.4, 0.5) is 4.39 Å². The number of aliphatic hydroxyl groups is 1. The largest absolute Gasteiger partial charge is 0.396 e. The summed E-state index contributed by atoms with van der Waals surface area (Å²) in [6, 6.07) is 6.63. The van der Waals surface area contributed by atoms with Gasteiger partial charge in [0.1, 0.15) is 5.82 Å². The molecule has 5 heteroatoms. The first-order chi connectivity index (χ1) is 15.8. The lowest BCUT2D eigenvalue weighted by atomic mass is 9.49. The highest BCUT2D eigenvalue weighted by atomic mass is 19.1. The second-order valence-electron chi connectivity index (χ2n) is 11.4. The molecule has 2 aromatic rings. The van der Waals surface area contributed by atoms with Gasteiger partial charge in [-0.3, -0.25) is 4.68 Å². The number of rotatable bonds is 5. The van der Waals surface area contributed by atoms with Crippen molar-refractivity contribution in [2.75, 3.05) is 13.2 Å². The number of nitrogens with zero attached hydrogens (tertiary/aromatic N) is 2. The Morgan fingerprint density at radius 3 is 2.67 bits per heavy atom. The number of aromatic nitrogens is 2. The maximum absolute atomic E-state index is 13.3. The van der Waals surface area contributed by atoms with Gasteiger partial charge in [0.05, 0.1) is 12.2 Å². The topological polar surface area (TPSA) is 64.1 Å². The molecular formula is C28H38FN3O. The molecule has 5 rings (SSSR count). The van der Waals surface area contributed by atoms with Crippen LogP contribution in [-0.4, -0.2) is 28.0 Å². The molecule has 1 aromatic carbocycles. The van der Waals surface area contributed by atoms with Crippen LogP contribution >= 0.6 is 0 Å². The van der Waals surface area contributed by atoms with Crippen molar-refractivity contribution in [1.82, 2.24) is 9.78 Å². The molecule has 0 amide bonds. The zero-order chi connectivity index (χ0) is 23.4. The quantitative estimate of drug-likeness (QED) is 0.646. The van der Waals surface area contributed by atoms with E-state index in [0.717, 1.165) is 36.9 Å². The number of hydrogen-bond donors (Lipinski definition) is 2. The predicted molar refractivity (Wildman–Crippen MR) is 129 cm³/mol. The highest BCUT2D eigenvalue weighted by Gasteiger charge is 2.56. The van der Waals surface area contributed by atoms with E-state index in [1.165, 1.54) is 36.1 Å². The molecule has 1 heterocycles. The zero-order valence-corrected chi connectivity index (χ0v) is 20.1. The molecule has 4 nitrogen and oxygen atoms in total. The standard InChI is InChI=1S/C28H38FN3O/c1-18-4-9-24-23(14-30)25(10-11-27(18,24)2)28(3)13-20-16-32(31-26(20)12-21(28)17-33)15-19-5-7-22(29)8-6-19/h5-8,16,21,23-25,33H,1,4,9-15,17,30H2,2-3H3/t21-,23+,24+,25+,27-,28+/m1/s1. The first kappa shape index (κ1) is 22.8. The summed E-state index contributed by atoms with van der Waals surface area (Å²) in [5, 5.41) is 15.3. The molecule has 1 aromatic heterocycles. The number of hydrogen-bond acceptors (Lipinski definition) is 3. The van der Waals surface area contributed by atoms with Crippen LogP contribution in [0, 0.1) is 40.3 Å². The molecule has 2 saturated carbocycles. The van der Waals surface area contributed by atoms with E-state index in [1.807, 2.05) is 16.8 Å². The van der Waals surface area contributed by atoms with Gasteiger partial charge in [0, 0.05) is 12.8 Å². The van der Waals surface area contributed by atoms with Crippen molar-refractivity contribution in [3.63, 3.8) is 0 Å². The summed E-state index contributed by atoms with van der Waals surface area (Å²) in [6.07, 6.45) is 8.58. The molecule has 3 aliphatic carbocycles. The van der Waals surface area contributed by atoms with E-state index in [0.29, 0.717) is 30.8 Å². The van der Waals surface area contributed by atoms with Crippen molar-refractivity contribution in [2.45, 2.75) is 58.9 Å². The van der Waals surface area contributed by atoms with Crippen LogP contribution in [-0.2, 0) is 19.4 Å². The molecule has 33 heavy (non-hydrogen) atoms. The Morgan fingerprint density at radius 2 is 1.97 bits per heavy atom. The molecule has 6 atom stereocenters. The molecule has 2 fully saturated rings. The van der Waals surface area contributed by atoms with Gasteiger partial charge < -0.3 is 10.8 Å². The minimum absolute atomic E-state index is 0.000773. The summed E-state index contributed by atoms with van der Waals surface area (Å²) in [4.78, 5) is 0. The van der Waals surface area contributed by atoms with Crippen molar-refractivity contribution in [3.05, 3.63) is 65.3 Å². The lowest BCUT2D eigenvalue weighted by Gasteiger charge is -2.55. The van der Waals surface area contributed by atoms with E-state index in [9.17, 15) is 9.50 Å². The van der Waals surface area contributed by atoms with Gasteiger partial charge in [-0.25, -0.2) is 4.39 Å². The second-order valence-corrected chi connectivity index (χ2v) is 11.4. The number of aliphatic hydroxyl groups excluding tert-OH is 1. The highest BCUT2D eigenvalue weighted by molar-refractivity contribution is 5.27. The first-order valence-corrected chi connectivity index (χ1v) is 12.6. The molecule has 0 saturated heterocycles. The van der Waals surface area contributed by atoms with Gasteiger partial charge >= 0.3 is 0 Å². The van der Waals surface area contributed by atoms with Crippen LogP contribution in [0.5, 0.6) is 0 Å². The van der Waals surface area contributed by atoms with Gasteiger partial charge in [0.25, 0.3) is 0 Å². The fraction of sp³-hybridized carbons (Fsp3) is 0.607. The van der Waals surface area contributed by atoms with E-state index in [2.05, 4.69) is 26.6 Å². The monoisotopic (exact) mass is 451 g/mol. The molecule has 0 aliphatic heterocycles. The van der Waals surface area contributed by atoms with Crippen molar-refractivity contribution >= 4 is 0 Å². The Balaban J connectivity index is 1.42.